The first-order valence-electron chi connectivity index (χ1n) is 10.2. The summed E-state index contributed by atoms with van der Waals surface area (Å²) in [6.07, 6.45) is 0. The highest BCUT2D eigenvalue weighted by Gasteiger charge is 2.25. The van der Waals surface area contributed by atoms with Crippen molar-refractivity contribution in [2.24, 2.45) is 0 Å². The van der Waals surface area contributed by atoms with Gasteiger partial charge in [-0.25, -0.2) is 4.39 Å². The summed E-state index contributed by atoms with van der Waals surface area (Å²) in [5.74, 6) is 1.76. The minimum Gasteiger partial charge on any atom is -0.493 e. The molecule has 168 valence electrons. The van der Waals surface area contributed by atoms with Gasteiger partial charge in [0.15, 0.2) is 17.3 Å². The summed E-state index contributed by atoms with van der Waals surface area (Å²) in [7, 11) is 4.57. The van der Waals surface area contributed by atoms with E-state index in [0.717, 1.165) is 17.1 Å². The van der Waals surface area contributed by atoms with Crippen LogP contribution in [-0.4, -0.2) is 68.5 Å². The highest BCUT2D eigenvalue weighted by atomic mass is 19.1. The van der Waals surface area contributed by atoms with E-state index in [1.807, 2.05) is 6.07 Å². The highest BCUT2D eigenvalue weighted by molar-refractivity contribution is 5.95. The lowest BCUT2D eigenvalue weighted by atomic mass is 10.1. The van der Waals surface area contributed by atoms with Crippen molar-refractivity contribution in [2.45, 2.75) is 0 Å². The van der Waals surface area contributed by atoms with Crippen LogP contribution in [0.2, 0.25) is 0 Å². The number of H-pyrrole nitrogens is 1. The fourth-order valence-electron chi connectivity index (χ4n) is 3.78. The number of piperazine rings is 1. The van der Waals surface area contributed by atoms with Crippen molar-refractivity contribution in [1.29, 1.82) is 0 Å². The summed E-state index contributed by atoms with van der Waals surface area (Å²) in [4.78, 5) is 17.0. The number of anilines is 1. The van der Waals surface area contributed by atoms with Gasteiger partial charge in [-0.15, -0.1) is 0 Å². The number of aromatic amines is 1. The maximum absolute atomic E-state index is 13.2. The average molecular weight is 440 g/mol. The van der Waals surface area contributed by atoms with Gasteiger partial charge in [0.05, 0.1) is 27.0 Å². The number of nitrogens with zero attached hydrogens (tertiary/aromatic N) is 3. The molecule has 2 heterocycles. The molecular weight excluding hydrogens is 415 g/mol. The van der Waals surface area contributed by atoms with E-state index in [1.54, 1.807) is 29.2 Å². The van der Waals surface area contributed by atoms with Gasteiger partial charge in [-0.2, -0.15) is 5.10 Å². The number of carbonyl (C=O) groups is 1. The Morgan fingerprint density at radius 3 is 2.12 bits per heavy atom. The molecule has 0 saturated carbocycles. The smallest absolute Gasteiger partial charge is 0.254 e. The van der Waals surface area contributed by atoms with Gasteiger partial charge in [0.1, 0.15) is 5.82 Å². The molecule has 1 saturated heterocycles. The summed E-state index contributed by atoms with van der Waals surface area (Å²) in [5, 5.41) is 7.39. The zero-order valence-corrected chi connectivity index (χ0v) is 18.2. The molecule has 0 bridgehead atoms. The summed E-state index contributed by atoms with van der Waals surface area (Å²) in [6.45, 7) is 2.39. The molecule has 1 fully saturated rings. The van der Waals surface area contributed by atoms with Crippen molar-refractivity contribution in [1.82, 2.24) is 15.1 Å². The van der Waals surface area contributed by atoms with E-state index in [1.165, 1.54) is 33.5 Å². The van der Waals surface area contributed by atoms with Gasteiger partial charge in [-0.3, -0.25) is 9.89 Å². The van der Waals surface area contributed by atoms with Crippen LogP contribution in [0.5, 0.6) is 17.2 Å². The first-order chi connectivity index (χ1) is 15.5. The summed E-state index contributed by atoms with van der Waals surface area (Å²) in [5.41, 5.74) is 2.16. The Balaban J connectivity index is 1.44. The molecule has 1 aromatic heterocycles. The van der Waals surface area contributed by atoms with Crippen LogP contribution in [0.3, 0.4) is 0 Å². The van der Waals surface area contributed by atoms with Crippen molar-refractivity contribution in [3.63, 3.8) is 0 Å². The number of rotatable bonds is 6. The van der Waals surface area contributed by atoms with E-state index in [2.05, 4.69) is 15.1 Å². The summed E-state index contributed by atoms with van der Waals surface area (Å²) >= 11 is 0. The number of methoxy groups -OCH3 is 3. The third kappa shape index (κ3) is 4.18. The van der Waals surface area contributed by atoms with Crippen LogP contribution in [0, 0.1) is 5.82 Å². The monoisotopic (exact) mass is 440 g/mol. The molecule has 32 heavy (non-hydrogen) atoms. The zero-order chi connectivity index (χ0) is 22.7. The maximum atomic E-state index is 13.2. The van der Waals surface area contributed by atoms with Crippen LogP contribution in [-0.2, 0) is 0 Å². The Bertz CT molecular complexity index is 1070. The number of hydrogen-bond donors (Lipinski definition) is 1. The molecule has 3 aromatic rings. The first kappa shape index (κ1) is 21.5. The second-order valence-corrected chi connectivity index (χ2v) is 7.34. The van der Waals surface area contributed by atoms with Crippen molar-refractivity contribution in [3.8, 4) is 28.5 Å². The lowest BCUT2D eigenvalue weighted by molar-refractivity contribution is 0.0745. The fraction of sp³-hybridized carbons (Fsp3) is 0.304. The number of nitrogens with one attached hydrogen (secondary N) is 1. The van der Waals surface area contributed by atoms with Crippen molar-refractivity contribution in [2.75, 3.05) is 52.4 Å². The molecule has 1 aliphatic rings. The fourth-order valence-corrected chi connectivity index (χ4v) is 3.78. The lowest BCUT2D eigenvalue weighted by Gasteiger charge is -2.35. The Morgan fingerprint density at radius 1 is 0.938 bits per heavy atom. The van der Waals surface area contributed by atoms with Gasteiger partial charge in [-0.1, -0.05) is 0 Å². The van der Waals surface area contributed by atoms with E-state index >= 15 is 0 Å². The molecular formula is C23H25FN4O4. The first-order valence-corrected chi connectivity index (χ1v) is 10.2. The van der Waals surface area contributed by atoms with E-state index in [-0.39, 0.29) is 11.7 Å². The second-order valence-electron chi connectivity index (χ2n) is 7.34. The van der Waals surface area contributed by atoms with Crippen LogP contribution in [0.1, 0.15) is 10.4 Å². The van der Waals surface area contributed by atoms with Crippen molar-refractivity contribution >= 4 is 11.7 Å². The number of hydrogen-bond acceptors (Lipinski definition) is 6. The molecule has 0 unspecified atom stereocenters. The lowest BCUT2D eigenvalue weighted by Crippen LogP contribution is -2.49. The Hall–Kier alpha value is -3.75. The molecule has 4 rings (SSSR count). The predicted octanol–water partition coefficient (Wildman–Crippen LogP) is 3.20. The standard InChI is InChI=1S/C23H25FN4O4/c1-30-19-12-16(13-20(31-2)22(19)32-3)23(29)28-10-8-27(9-11-28)21-14-18(25-26-21)15-4-6-17(24)7-5-15/h4-7,12-14H,8-11H2,1-3H3,(H,25,26). The van der Waals surface area contributed by atoms with Crippen LogP contribution in [0.25, 0.3) is 11.3 Å². The molecule has 0 radical (unpaired) electrons. The molecule has 0 atom stereocenters. The van der Waals surface area contributed by atoms with E-state index in [0.29, 0.717) is 49.0 Å². The number of aromatic nitrogens is 2. The molecule has 0 aliphatic carbocycles. The van der Waals surface area contributed by atoms with Gasteiger partial charge in [-0.05, 0) is 42.0 Å². The van der Waals surface area contributed by atoms with Gasteiger partial charge in [0.25, 0.3) is 5.91 Å². The average Bonchev–Trinajstić information content (AvgIpc) is 3.33. The number of halogens is 1. The predicted molar refractivity (Wildman–Crippen MR) is 118 cm³/mol. The van der Waals surface area contributed by atoms with E-state index in [9.17, 15) is 9.18 Å². The minimum atomic E-state index is -0.277. The normalized spacial score (nSPS) is 13.8. The molecule has 1 N–H and O–H groups in total. The molecule has 8 nitrogen and oxygen atoms in total. The summed E-state index contributed by atoms with van der Waals surface area (Å²) in [6, 6.07) is 11.5. The number of ether oxygens (including phenoxy) is 3. The van der Waals surface area contributed by atoms with E-state index in [4.69, 9.17) is 14.2 Å². The number of carbonyl (C=O) groups excluding carboxylic acids is 1. The Kier molecular flexibility index (Phi) is 6.16. The molecule has 1 amide bonds. The van der Waals surface area contributed by atoms with Crippen LogP contribution < -0.4 is 19.1 Å². The second kappa shape index (κ2) is 9.17. The van der Waals surface area contributed by atoms with Crippen molar-refractivity contribution in [3.05, 3.63) is 53.8 Å². The minimum absolute atomic E-state index is 0.0991. The van der Waals surface area contributed by atoms with Crippen LogP contribution in [0.15, 0.2) is 42.5 Å². The molecule has 9 heteroatoms. The number of amides is 1. The van der Waals surface area contributed by atoms with Gasteiger partial charge >= 0.3 is 0 Å². The van der Waals surface area contributed by atoms with E-state index < -0.39 is 0 Å². The largest absolute Gasteiger partial charge is 0.493 e. The van der Waals surface area contributed by atoms with Crippen LogP contribution >= 0.6 is 0 Å². The highest BCUT2D eigenvalue weighted by Crippen LogP contribution is 2.38. The maximum Gasteiger partial charge on any atom is 0.254 e. The van der Waals surface area contributed by atoms with Gasteiger partial charge in [0, 0.05) is 37.8 Å². The molecule has 0 spiro atoms. The summed E-state index contributed by atoms with van der Waals surface area (Å²) < 4.78 is 29.2. The zero-order valence-electron chi connectivity index (χ0n) is 18.2. The third-order valence-electron chi connectivity index (χ3n) is 5.52. The third-order valence-corrected chi connectivity index (χ3v) is 5.52. The van der Waals surface area contributed by atoms with Crippen LogP contribution in [0.4, 0.5) is 10.2 Å². The topological polar surface area (TPSA) is 79.9 Å². The van der Waals surface area contributed by atoms with Crippen molar-refractivity contribution < 1.29 is 23.4 Å². The Labute approximate surface area is 185 Å². The molecule has 1 aliphatic heterocycles. The number of benzene rings is 2. The molecule has 2 aromatic carbocycles. The Morgan fingerprint density at radius 2 is 1.56 bits per heavy atom. The van der Waals surface area contributed by atoms with Gasteiger partial charge in [0.2, 0.25) is 5.75 Å². The quantitative estimate of drug-likeness (QED) is 0.634. The SMILES string of the molecule is COc1cc(C(=O)N2CCN(c3cc(-c4ccc(F)cc4)[nH]n3)CC2)cc(OC)c1OC. The van der Waals surface area contributed by atoms with Gasteiger partial charge < -0.3 is 24.0 Å².